The zero-order valence-corrected chi connectivity index (χ0v) is 8.39. The van der Waals surface area contributed by atoms with Gasteiger partial charge in [-0.25, -0.2) is 0 Å². The number of halogens is 3. The third-order valence-electron chi connectivity index (χ3n) is 2.01. The molecule has 0 unspecified atom stereocenters. The molecule has 0 amide bonds. The van der Waals surface area contributed by atoms with E-state index in [0.29, 0.717) is 0 Å². The van der Waals surface area contributed by atoms with Crippen LogP contribution in [0.2, 0.25) is 0 Å². The number of benzene rings is 1. The highest BCUT2D eigenvalue weighted by molar-refractivity contribution is 5.47. The Morgan fingerprint density at radius 3 is 2.07 bits per heavy atom. The molecule has 1 aromatic carbocycles. The molecule has 5 heteroatoms. The monoisotopic (exact) mass is 219 g/mol. The van der Waals surface area contributed by atoms with Gasteiger partial charge in [-0.2, -0.15) is 13.2 Å². The minimum atomic E-state index is -4.48. The lowest BCUT2D eigenvalue weighted by molar-refractivity contribution is -0.140. The Kier molecular flexibility index (Phi) is 2.69. The lowest BCUT2D eigenvalue weighted by atomic mass is 9.92. The van der Waals surface area contributed by atoms with Gasteiger partial charge in [0.15, 0.2) is 0 Å². The summed E-state index contributed by atoms with van der Waals surface area (Å²) in [5.74, 6) is 0. The van der Waals surface area contributed by atoms with Gasteiger partial charge in [-0.05, 0) is 37.6 Å². The largest absolute Gasteiger partial charge is 0.416 e. The van der Waals surface area contributed by atoms with Gasteiger partial charge in [0.1, 0.15) is 0 Å². The van der Waals surface area contributed by atoms with Crippen LogP contribution in [0.4, 0.5) is 18.9 Å². The Balaban J connectivity index is 3.41. The maximum Gasteiger partial charge on any atom is 0.416 e. The molecular formula is C10H12F3NO. The average Bonchev–Trinajstić information content (AvgIpc) is 2.00. The minimum Gasteiger partial charge on any atom is -0.399 e. The SMILES string of the molecule is CC(C)(O)c1cc(N)ccc1C(F)(F)F. The summed E-state index contributed by atoms with van der Waals surface area (Å²) in [5, 5.41) is 9.60. The third-order valence-corrected chi connectivity index (χ3v) is 2.01. The van der Waals surface area contributed by atoms with Crippen molar-refractivity contribution in [1.29, 1.82) is 0 Å². The molecule has 0 atom stereocenters. The smallest absolute Gasteiger partial charge is 0.399 e. The van der Waals surface area contributed by atoms with Crippen molar-refractivity contribution in [1.82, 2.24) is 0 Å². The quantitative estimate of drug-likeness (QED) is 0.713. The number of nitrogen functional groups attached to an aromatic ring is 1. The van der Waals surface area contributed by atoms with Crippen LogP contribution in [0.5, 0.6) is 0 Å². The number of alkyl halides is 3. The summed E-state index contributed by atoms with van der Waals surface area (Å²) in [6, 6.07) is 3.18. The van der Waals surface area contributed by atoms with Crippen LogP contribution in [-0.2, 0) is 11.8 Å². The standard InChI is InChI=1S/C10H12F3NO/c1-9(2,15)8-5-6(14)3-4-7(8)10(11,12)13/h3-5,15H,14H2,1-2H3. The van der Waals surface area contributed by atoms with E-state index in [1.165, 1.54) is 13.8 Å². The van der Waals surface area contributed by atoms with Crippen LogP contribution in [0, 0.1) is 0 Å². The van der Waals surface area contributed by atoms with Gasteiger partial charge < -0.3 is 10.8 Å². The van der Waals surface area contributed by atoms with Crippen molar-refractivity contribution in [3.8, 4) is 0 Å². The first kappa shape index (κ1) is 11.8. The van der Waals surface area contributed by atoms with E-state index in [1.807, 2.05) is 0 Å². The van der Waals surface area contributed by atoms with Crippen LogP contribution in [0.3, 0.4) is 0 Å². The van der Waals surface area contributed by atoms with E-state index in [2.05, 4.69) is 0 Å². The Morgan fingerprint density at radius 2 is 1.67 bits per heavy atom. The van der Waals surface area contributed by atoms with Crippen molar-refractivity contribution in [2.45, 2.75) is 25.6 Å². The second kappa shape index (κ2) is 3.41. The molecule has 2 nitrogen and oxygen atoms in total. The summed E-state index contributed by atoms with van der Waals surface area (Å²) in [6.45, 7) is 2.58. The van der Waals surface area contributed by atoms with Crippen LogP contribution in [0.15, 0.2) is 18.2 Å². The predicted molar refractivity (Wildman–Crippen MR) is 51.1 cm³/mol. The van der Waals surface area contributed by atoms with Crippen LogP contribution in [0.1, 0.15) is 25.0 Å². The second-order valence-corrected chi connectivity index (χ2v) is 3.86. The van der Waals surface area contributed by atoms with E-state index in [-0.39, 0.29) is 11.3 Å². The fourth-order valence-corrected chi connectivity index (χ4v) is 1.32. The summed E-state index contributed by atoms with van der Waals surface area (Å²) in [7, 11) is 0. The lowest BCUT2D eigenvalue weighted by Gasteiger charge is -2.23. The molecule has 0 aliphatic rings. The maximum atomic E-state index is 12.6. The highest BCUT2D eigenvalue weighted by Gasteiger charge is 2.36. The van der Waals surface area contributed by atoms with E-state index in [0.717, 1.165) is 18.2 Å². The third kappa shape index (κ3) is 2.62. The molecule has 0 saturated heterocycles. The highest BCUT2D eigenvalue weighted by atomic mass is 19.4. The molecule has 0 aliphatic carbocycles. The van der Waals surface area contributed by atoms with Gasteiger partial charge in [-0.3, -0.25) is 0 Å². The maximum absolute atomic E-state index is 12.6. The zero-order chi connectivity index (χ0) is 11.9. The summed E-state index contributed by atoms with van der Waals surface area (Å²) in [5.41, 5.74) is 2.94. The summed E-state index contributed by atoms with van der Waals surface area (Å²) in [4.78, 5) is 0. The first-order valence-electron chi connectivity index (χ1n) is 4.32. The van der Waals surface area contributed by atoms with Crippen molar-refractivity contribution >= 4 is 5.69 Å². The molecule has 84 valence electrons. The number of hydrogen-bond acceptors (Lipinski definition) is 2. The fourth-order valence-electron chi connectivity index (χ4n) is 1.32. The van der Waals surface area contributed by atoms with Gasteiger partial charge in [-0.15, -0.1) is 0 Å². The van der Waals surface area contributed by atoms with Gasteiger partial charge in [0, 0.05) is 5.69 Å². The molecule has 1 rings (SSSR count). The van der Waals surface area contributed by atoms with Gasteiger partial charge >= 0.3 is 6.18 Å². The normalized spacial score (nSPS) is 12.9. The molecule has 1 aromatic rings. The van der Waals surface area contributed by atoms with Gasteiger partial charge in [0.2, 0.25) is 0 Å². The van der Waals surface area contributed by atoms with Crippen molar-refractivity contribution < 1.29 is 18.3 Å². The summed E-state index contributed by atoms with van der Waals surface area (Å²) >= 11 is 0. The molecule has 0 aromatic heterocycles. The predicted octanol–water partition coefficient (Wildman–Crippen LogP) is 2.52. The van der Waals surface area contributed by atoms with Crippen molar-refractivity contribution in [2.24, 2.45) is 0 Å². The molecule has 0 heterocycles. The Hall–Kier alpha value is -1.23. The first-order chi connectivity index (χ1) is 6.62. The lowest BCUT2D eigenvalue weighted by Crippen LogP contribution is -2.22. The summed E-state index contributed by atoms with van der Waals surface area (Å²) in [6.07, 6.45) is -4.48. The first-order valence-corrected chi connectivity index (χ1v) is 4.32. The molecular weight excluding hydrogens is 207 g/mol. The number of aliphatic hydroxyl groups is 1. The topological polar surface area (TPSA) is 46.2 Å². The van der Waals surface area contributed by atoms with Crippen molar-refractivity contribution in [2.75, 3.05) is 5.73 Å². The molecule has 0 saturated carbocycles. The van der Waals surface area contributed by atoms with E-state index < -0.39 is 17.3 Å². The van der Waals surface area contributed by atoms with Gasteiger partial charge in [-0.1, -0.05) is 0 Å². The zero-order valence-electron chi connectivity index (χ0n) is 8.39. The van der Waals surface area contributed by atoms with Crippen molar-refractivity contribution in [3.63, 3.8) is 0 Å². The number of rotatable bonds is 1. The van der Waals surface area contributed by atoms with Crippen LogP contribution < -0.4 is 5.73 Å². The van der Waals surface area contributed by atoms with Crippen LogP contribution >= 0.6 is 0 Å². The minimum absolute atomic E-state index is 0.195. The second-order valence-electron chi connectivity index (χ2n) is 3.86. The van der Waals surface area contributed by atoms with Crippen molar-refractivity contribution in [3.05, 3.63) is 29.3 Å². The number of hydrogen-bond donors (Lipinski definition) is 2. The Bertz CT molecular complexity index is 366. The Morgan fingerprint density at radius 1 is 1.13 bits per heavy atom. The van der Waals surface area contributed by atoms with E-state index in [1.54, 1.807) is 0 Å². The van der Waals surface area contributed by atoms with Crippen LogP contribution in [-0.4, -0.2) is 5.11 Å². The average molecular weight is 219 g/mol. The van der Waals surface area contributed by atoms with E-state index in [4.69, 9.17) is 5.73 Å². The number of anilines is 1. The fraction of sp³-hybridized carbons (Fsp3) is 0.400. The van der Waals surface area contributed by atoms with Gasteiger partial charge in [0.05, 0.1) is 11.2 Å². The summed E-state index contributed by atoms with van der Waals surface area (Å²) < 4.78 is 37.7. The molecule has 15 heavy (non-hydrogen) atoms. The number of nitrogens with two attached hydrogens (primary N) is 1. The van der Waals surface area contributed by atoms with Crippen LogP contribution in [0.25, 0.3) is 0 Å². The molecule has 3 N–H and O–H groups in total. The molecule has 0 aliphatic heterocycles. The van der Waals surface area contributed by atoms with Gasteiger partial charge in [0.25, 0.3) is 0 Å². The molecule has 0 bridgehead atoms. The molecule has 0 fully saturated rings. The molecule has 0 radical (unpaired) electrons. The Labute approximate surface area is 85.5 Å². The van der Waals surface area contributed by atoms with E-state index >= 15 is 0 Å². The highest BCUT2D eigenvalue weighted by Crippen LogP contribution is 2.37. The molecule has 0 spiro atoms. The van der Waals surface area contributed by atoms with E-state index in [9.17, 15) is 18.3 Å².